The van der Waals surface area contributed by atoms with Gasteiger partial charge in [0, 0.05) is 23.6 Å². The molecule has 0 heterocycles. The molecule has 0 atom stereocenters. The fraction of sp³-hybridized carbons (Fsp3) is 0.222. The van der Waals surface area contributed by atoms with Gasteiger partial charge in [-0.25, -0.2) is 0 Å². The number of carbonyl (C=O) groups excluding carboxylic acids is 2. The summed E-state index contributed by atoms with van der Waals surface area (Å²) in [5.74, 6) is -0.568. The highest BCUT2D eigenvalue weighted by Gasteiger charge is 2.13. The number of hydrogen-bond donors (Lipinski definition) is 1. The van der Waals surface area contributed by atoms with Gasteiger partial charge in [-0.2, -0.15) is 8.78 Å². The molecule has 0 fully saturated rings. The number of rotatable bonds is 7. The zero-order valence-electron chi connectivity index (χ0n) is 13.9. The molecule has 0 saturated heterocycles. The predicted octanol–water partition coefficient (Wildman–Crippen LogP) is 3.44. The predicted molar refractivity (Wildman–Crippen MR) is 96.0 cm³/mol. The van der Waals surface area contributed by atoms with Gasteiger partial charge in [-0.3, -0.25) is 9.59 Å². The van der Waals surface area contributed by atoms with E-state index in [4.69, 9.17) is 0 Å². The lowest BCUT2D eigenvalue weighted by Crippen LogP contribution is -2.37. The maximum absolute atomic E-state index is 12.1. The molecular formula is C18H17BrF2N2O3. The summed E-state index contributed by atoms with van der Waals surface area (Å²) in [5.41, 5.74) is 1.20. The van der Waals surface area contributed by atoms with Gasteiger partial charge in [0.15, 0.2) is 0 Å². The number of nitrogens with zero attached hydrogens (tertiary/aromatic N) is 1. The van der Waals surface area contributed by atoms with E-state index in [1.54, 1.807) is 43.4 Å². The third kappa shape index (κ3) is 6.11. The Balaban J connectivity index is 1.84. The summed E-state index contributed by atoms with van der Waals surface area (Å²) in [6.45, 7) is -2.74. The molecule has 0 aliphatic carbocycles. The summed E-state index contributed by atoms with van der Waals surface area (Å²) in [5, 5.41) is 2.57. The number of alkyl halides is 2. The lowest BCUT2D eigenvalue weighted by Gasteiger charge is -2.18. The van der Waals surface area contributed by atoms with Gasteiger partial charge in [0.05, 0.1) is 6.54 Å². The molecule has 0 spiro atoms. The van der Waals surface area contributed by atoms with Crippen LogP contribution in [0.3, 0.4) is 0 Å². The first-order chi connectivity index (χ1) is 12.3. The molecule has 1 N–H and O–H groups in total. The van der Waals surface area contributed by atoms with Gasteiger partial charge >= 0.3 is 6.61 Å². The van der Waals surface area contributed by atoms with E-state index in [0.717, 1.165) is 10.0 Å². The second-order valence-electron chi connectivity index (χ2n) is 5.47. The molecule has 0 aliphatic heterocycles. The summed E-state index contributed by atoms with van der Waals surface area (Å²) in [6, 6.07) is 12.9. The first kappa shape index (κ1) is 19.8. The van der Waals surface area contributed by atoms with Gasteiger partial charge in [0.1, 0.15) is 5.75 Å². The third-order valence-electron chi connectivity index (χ3n) is 3.48. The van der Waals surface area contributed by atoms with Crippen LogP contribution in [0.4, 0.5) is 8.78 Å². The summed E-state index contributed by atoms with van der Waals surface area (Å²) in [6.07, 6.45) is 0. The molecule has 0 unspecified atom stereocenters. The molecule has 2 amide bonds. The number of halogens is 3. The largest absolute Gasteiger partial charge is 0.435 e. The summed E-state index contributed by atoms with van der Waals surface area (Å²) >= 11 is 3.28. The molecule has 0 radical (unpaired) electrons. The van der Waals surface area contributed by atoms with Gasteiger partial charge in [-0.1, -0.05) is 34.1 Å². The second kappa shape index (κ2) is 9.28. The first-order valence-electron chi connectivity index (χ1n) is 7.66. The molecule has 0 saturated carbocycles. The van der Waals surface area contributed by atoms with Crippen LogP contribution in [0.2, 0.25) is 0 Å². The highest BCUT2D eigenvalue weighted by atomic mass is 79.9. The molecular weight excluding hydrogens is 410 g/mol. The van der Waals surface area contributed by atoms with Crippen LogP contribution >= 0.6 is 15.9 Å². The van der Waals surface area contributed by atoms with Gasteiger partial charge in [-0.15, -0.1) is 0 Å². The Morgan fingerprint density at radius 1 is 1.19 bits per heavy atom. The van der Waals surface area contributed by atoms with Crippen LogP contribution in [0, 0.1) is 0 Å². The van der Waals surface area contributed by atoms with Crippen LogP contribution in [-0.2, 0) is 11.3 Å². The van der Waals surface area contributed by atoms with Crippen molar-refractivity contribution in [2.45, 2.75) is 13.2 Å². The molecule has 2 aromatic carbocycles. The number of hydrogen-bond acceptors (Lipinski definition) is 3. The highest BCUT2D eigenvalue weighted by Crippen LogP contribution is 2.16. The maximum atomic E-state index is 12.1. The Hall–Kier alpha value is -2.48. The fourth-order valence-electron chi connectivity index (χ4n) is 2.16. The molecule has 138 valence electrons. The van der Waals surface area contributed by atoms with Crippen LogP contribution in [0.15, 0.2) is 53.0 Å². The van der Waals surface area contributed by atoms with Crippen LogP contribution < -0.4 is 10.1 Å². The number of nitrogens with one attached hydrogen (secondary N) is 1. The first-order valence-corrected chi connectivity index (χ1v) is 8.46. The van der Waals surface area contributed by atoms with E-state index in [1.165, 1.54) is 17.0 Å². The molecule has 5 nitrogen and oxygen atoms in total. The molecule has 8 heteroatoms. The Labute approximate surface area is 158 Å². The lowest BCUT2D eigenvalue weighted by atomic mass is 10.2. The SMILES string of the molecule is CN(Cc1ccc(OC(F)F)cc1)C(=O)CNC(=O)c1cccc(Br)c1. The van der Waals surface area contributed by atoms with Crippen LogP contribution in [0.5, 0.6) is 5.75 Å². The molecule has 2 aromatic rings. The summed E-state index contributed by atoms with van der Waals surface area (Å²) in [7, 11) is 1.59. The molecule has 26 heavy (non-hydrogen) atoms. The second-order valence-corrected chi connectivity index (χ2v) is 6.38. The minimum Gasteiger partial charge on any atom is -0.435 e. The Morgan fingerprint density at radius 2 is 1.88 bits per heavy atom. The van der Waals surface area contributed by atoms with Crippen molar-refractivity contribution in [3.05, 3.63) is 64.1 Å². The van der Waals surface area contributed by atoms with Gasteiger partial charge in [-0.05, 0) is 35.9 Å². The number of benzene rings is 2. The highest BCUT2D eigenvalue weighted by molar-refractivity contribution is 9.10. The van der Waals surface area contributed by atoms with E-state index >= 15 is 0 Å². The minimum absolute atomic E-state index is 0.0546. The van der Waals surface area contributed by atoms with Crippen molar-refractivity contribution < 1.29 is 23.1 Å². The Kier molecular flexibility index (Phi) is 7.08. The average Bonchev–Trinajstić information content (AvgIpc) is 2.60. The molecule has 0 aliphatic rings. The minimum atomic E-state index is -2.88. The third-order valence-corrected chi connectivity index (χ3v) is 3.97. The molecule has 2 rings (SSSR count). The van der Waals surface area contributed by atoms with E-state index in [0.29, 0.717) is 5.56 Å². The van der Waals surface area contributed by atoms with Gasteiger partial charge < -0.3 is 15.0 Å². The Bertz CT molecular complexity index is 769. The quantitative estimate of drug-likeness (QED) is 0.737. The van der Waals surface area contributed by atoms with E-state index in [1.807, 2.05) is 0 Å². The van der Waals surface area contributed by atoms with Crippen molar-refractivity contribution in [3.63, 3.8) is 0 Å². The summed E-state index contributed by atoms with van der Waals surface area (Å²) in [4.78, 5) is 25.6. The van der Waals surface area contributed by atoms with E-state index in [2.05, 4.69) is 26.0 Å². The zero-order valence-corrected chi connectivity index (χ0v) is 15.5. The molecule has 0 bridgehead atoms. The fourth-order valence-corrected chi connectivity index (χ4v) is 2.56. The lowest BCUT2D eigenvalue weighted by molar-refractivity contribution is -0.129. The van der Waals surface area contributed by atoms with Crippen molar-refractivity contribution >= 4 is 27.7 Å². The van der Waals surface area contributed by atoms with Crippen molar-refractivity contribution in [1.82, 2.24) is 10.2 Å². The summed E-state index contributed by atoms with van der Waals surface area (Å²) < 4.78 is 29.3. The van der Waals surface area contributed by atoms with Gasteiger partial charge in [0.2, 0.25) is 5.91 Å². The number of amides is 2. The zero-order chi connectivity index (χ0) is 19.1. The standard InChI is InChI=1S/C18H17BrF2N2O3/c1-23(11-12-5-7-15(8-6-12)26-18(20)21)16(24)10-22-17(25)13-3-2-4-14(19)9-13/h2-9,18H,10-11H2,1H3,(H,22,25). The Morgan fingerprint density at radius 3 is 2.50 bits per heavy atom. The maximum Gasteiger partial charge on any atom is 0.387 e. The van der Waals surface area contributed by atoms with Crippen LogP contribution in [0.1, 0.15) is 15.9 Å². The van der Waals surface area contributed by atoms with Crippen molar-refractivity contribution in [1.29, 1.82) is 0 Å². The van der Waals surface area contributed by atoms with E-state index in [9.17, 15) is 18.4 Å². The van der Waals surface area contributed by atoms with E-state index in [-0.39, 0.29) is 30.7 Å². The van der Waals surface area contributed by atoms with E-state index < -0.39 is 6.61 Å². The normalized spacial score (nSPS) is 10.5. The number of carbonyl (C=O) groups is 2. The van der Waals surface area contributed by atoms with Crippen molar-refractivity contribution in [3.8, 4) is 5.75 Å². The monoisotopic (exact) mass is 426 g/mol. The molecule has 0 aromatic heterocycles. The number of ether oxygens (including phenoxy) is 1. The number of likely N-dealkylation sites (N-methyl/N-ethyl adjacent to an activating group) is 1. The van der Waals surface area contributed by atoms with Crippen molar-refractivity contribution in [2.75, 3.05) is 13.6 Å². The van der Waals surface area contributed by atoms with Crippen LogP contribution in [0.25, 0.3) is 0 Å². The van der Waals surface area contributed by atoms with Crippen LogP contribution in [-0.4, -0.2) is 36.9 Å². The topological polar surface area (TPSA) is 58.6 Å². The smallest absolute Gasteiger partial charge is 0.387 e. The van der Waals surface area contributed by atoms with Gasteiger partial charge in [0.25, 0.3) is 5.91 Å². The average molecular weight is 427 g/mol. The van der Waals surface area contributed by atoms with Crippen molar-refractivity contribution in [2.24, 2.45) is 0 Å².